The summed E-state index contributed by atoms with van der Waals surface area (Å²) in [6.45, 7) is 4.90. The second kappa shape index (κ2) is 5.83. The van der Waals surface area contributed by atoms with Gasteiger partial charge in [0.25, 0.3) is 0 Å². The van der Waals surface area contributed by atoms with E-state index in [4.69, 9.17) is 10.2 Å². The molecular formula is C11H20N2O. The van der Waals surface area contributed by atoms with Gasteiger partial charge in [-0.1, -0.05) is 6.92 Å². The minimum Gasteiger partial charge on any atom is -0.468 e. The summed E-state index contributed by atoms with van der Waals surface area (Å²) < 4.78 is 5.27. The van der Waals surface area contributed by atoms with Crippen LogP contribution >= 0.6 is 0 Å². The van der Waals surface area contributed by atoms with Crippen molar-refractivity contribution in [2.45, 2.75) is 19.9 Å². The maximum atomic E-state index is 5.56. The Morgan fingerprint density at radius 2 is 2.36 bits per heavy atom. The van der Waals surface area contributed by atoms with Crippen LogP contribution in [0.1, 0.15) is 19.1 Å². The van der Waals surface area contributed by atoms with E-state index in [9.17, 15) is 0 Å². The van der Waals surface area contributed by atoms with Gasteiger partial charge in [0.1, 0.15) is 5.76 Å². The van der Waals surface area contributed by atoms with Gasteiger partial charge in [0, 0.05) is 0 Å². The number of hydrogen-bond donors (Lipinski definition) is 1. The van der Waals surface area contributed by atoms with Crippen LogP contribution in [0.3, 0.4) is 0 Å². The predicted molar refractivity (Wildman–Crippen MR) is 57.9 cm³/mol. The van der Waals surface area contributed by atoms with Gasteiger partial charge in [-0.2, -0.15) is 0 Å². The van der Waals surface area contributed by atoms with Crippen molar-refractivity contribution in [1.82, 2.24) is 4.90 Å². The van der Waals surface area contributed by atoms with E-state index >= 15 is 0 Å². The second-order valence-electron chi connectivity index (χ2n) is 3.95. The Bertz CT molecular complexity index is 233. The minimum atomic E-state index is 0.606. The highest BCUT2D eigenvalue weighted by atomic mass is 16.3. The van der Waals surface area contributed by atoms with Gasteiger partial charge in [-0.25, -0.2) is 0 Å². The van der Waals surface area contributed by atoms with Crippen LogP contribution in [0, 0.1) is 5.92 Å². The van der Waals surface area contributed by atoms with Crippen molar-refractivity contribution in [2.75, 3.05) is 20.1 Å². The molecule has 0 fully saturated rings. The Balaban J connectivity index is 2.19. The molecular weight excluding hydrogens is 176 g/mol. The summed E-state index contributed by atoms with van der Waals surface area (Å²) in [7, 11) is 2.10. The van der Waals surface area contributed by atoms with Gasteiger partial charge in [0.2, 0.25) is 0 Å². The number of nitrogens with two attached hydrogens (primary N) is 1. The van der Waals surface area contributed by atoms with Gasteiger partial charge in [-0.3, -0.25) is 4.90 Å². The van der Waals surface area contributed by atoms with Gasteiger partial charge in [0.15, 0.2) is 0 Å². The molecule has 0 saturated heterocycles. The maximum absolute atomic E-state index is 5.56. The quantitative estimate of drug-likeness (QED) is 0.753. The molecule has 14 heavy (non-hydrogen) atoms. The van der Waals surface area contributed by atoms with Crippen molar-refractivity contribution in [3.63, 3.8) is 0 Å². The molecule has 0 aliphatic carbocycles. The lowest BCUT2D eigenvalue weighted by atomic mass is 10.1. The number of nitrogens with zero attached hydrogens (tertiary/aromatic N) is 1. The topological polar surface area (TPSA) is 42.4 Å². The van der Waals surface area contributed by atoms with E-state index in [1.165, 1.54) is 0 Å². The smallest absolute Gasteiger partial charge is 0.117 e. The summed E-state index contributed by atoms with van der Waals surface area (Å²) in [6, 6.07) is 3.93. The van der Waals surface area contributed by atoms with E-state index in [0.717, 1.165) is 31.8 Å². The van der Waals surface area contributed by atoms with E-state index < -0.39 is 0 Å². The Kier molecular flexibility index (Phi) is 4.70. The molecule has 0 bridgehead atoms. The molecule has 0 amide bonds. The monoisotopic (exact) mass is 196 g/mol. The van der Waals surface area contributed by atoms with E-state index in [1.54, 1.807) is 6.26 Å². The van der Waals surface area contributed by atoms with Gasteiger partial charge in [-0.15, -0.1) is 0 Å². The van der Waals surface area contributed by atoms with Crippen molar-refractivity contribution >= 4 is 0 Å². The lowest BCUT2D eigenvalue weighted by molar-refractivity contribution is 0.275. The van der Waals surface area contributed by atoms with Crippen LogP contribution in [-0.2, 0) is 6.54 Å². The predicted octanol–water partition coefficient (Wildman–Crippen LogP) is 1.70. The van der Waals surface area contributed by atoms with Crippen molar-refractivity contribution in [3.8, 4) is 0 Å². The fourth-order valence-corrected chi connectivity index (χ4v) is 1.31. The molecule has 1 rings (SSSR count). The van der Waals surface area contributed by atoms with Crippen LogP contribution in [0.2, 0.25) is 0 Å². The molecule has 3 nitrogen and oxygen atoms in total. The first kappa shape index (κ1) is 11.3. The lowest BCUT2D eigenvalue weighted by Gasteiger charge is -2.17. The summed E-state index contributed by atoms with van der Waals surface area (Å²) in [5, 5.41) is 0. The molecule has 1 aromatic heterocycles. The lowest BCUT2D eigenvalue weighted by Crippen LogP contribution is -2.22. The SMILES string of the molecule is CC(CN)CCN(C)Cc1ccco1. The summed E-state index contributed by atoms with van der Waals surface area (Å²) in [4.78, 5) is 2.25. The van der Waals surface area contributed by atoms with E-state index in [0.29, 0.717) is 5.92 Å². The minimum absolute atomic E-state index is 0.606. The normalized spacial score (nSPS) is 13.4. The van der Waals surface area contributed by atoms with Gasteiger partial charge in [-0.05, 0) is 44.6 Å². The Labute approximate surface area is 85.9 Å². The molecule has 3 heteroatoms. The van der Waals surface area contributed by atoms with Crippen LogP contribution < -0.4 is 5.73 Å². The molecule has 1 aromatic rings. The number of furan rings is 1. The zero-order valence-corrected chi connectivity index (χ0v) is 9.07. The number of rotatable bonds is 6. The molecule has 0 radical (unpaired) electrons. The van der Waals surface area contributed by atoms with Crippen molar-refractivity contribution in [1.29, 1.82) is 0 Å². The fourth-order valence-electron chi connectivity index (χ4n) is 1.31. The molecule has 0 aliphatic heterocycles. The van der Waals surface area contributed by atoms with E-state index in [2.05, 4.69) is 18.9 Å². The molecule has 80 valence electrons. The first-order valence-electron chi connectivity index (χ1n) is 5.13. The summed E-state index contributed by atoms with van der Waals surface area (Å²) in [5.74, 6) is 1.63. The zero-order chi connectivity index (χ0) is 10.4. The fraction of sp³-hybridized carbons (Fsp3) is 0.636. The Morgan fingerprint density at radius 1 is 1.57 bits per heavy atom. The summed E-state index contributed by atoms with van der Waals surface area (Å²) in [5.41, 5.74) is 5.56. The number of hydrogen-bond acceptors (Lipinski definition) is 3. The maximum Gasteiger partial charge on any atom is 0.117 e. The Morgan fingerprint density at radius 3 is 2.93 bits per heavy atom. The molecule has 0 spiro atoms. The Hall–Kier alpha value is -0.800. The molecule has 1 heterocycles. The van der Waals surface area contributed by atoms with Crippen molar-refractivity contribution < 1.29 is 4.42 Å². The van der Waals surface area contributed by atoms with Gasteiger partial charge in [0.05, 0.1) is 12.8 Å². The van der Waals surface area contributed by atoms with Crippen LogP contribution in [-0.4, -0.2) is 25.0 Å². The molecule has 0 aromatic carbocycles. The van der Waals surface area contributed by atoms with Crippen LogP contribution in [0.15, 0.2) is 22.8 Å². The third-order valence-corrected chi connectivity index (χ3v) is 2.41. The van der Waals surface area contributed by atoms with E-state index in [1.807, 2.05) is 12.1 Å². The van der Waals surface area contributed by atoms with Crippen LogP contribution in [0.25, 0.3) is 0 Å². The highest BCUT2D eigenvalue weighted by Gasteiger charge is 2.04. The average molecular weight is 196 g/mol. The summed E-state index contributed by atoms with van der Waals surface area (Å²) in [6.07, 6.45) is 2.86. The highest BCUT2D eigenvalue weighted by Crippen LogP contribution is 2.06. The third-order valence-electron chi connectivity index (χ3n) is 2.41. The van der Waals surface area contributed by atoms with Crippen molar-refractivity contribution in [2.24, 2.45) is 11.7 Å². The first-order chi connectivity index (χ1) is 6.72. The van der Waals surface area contributed by atoms with E-state index in [-0.39, 0.29) is 0 Å². The van der Waals surface area contributed by atoms with Crippen LogP contribution in [0.5, 0.6) is 0 Å². The molecule has 1 unspecified atom stereocenters. The second-order valence-corrected chi connectivity index (χ2v) is 3.95. The van der Waals surface area contributed by atoms with Crippen molar-refractivity contribution in [3.05, 3.63) is 24.2 Å². The molecule has 0 saturated carbocycles. The first-order valence-corrected chi connectivity index (χ1v) is 5.13. The summed E-state index contributed by atoms with van der Waals surface area (Å²) >= 11 is 0. The molecule has 2 N–H and O–H groups in total. The molecule has 1 atom stereocenters. The largest absolute Gasteiger partial charge is 0.468 e. The molecule has 0 aliphatic rings. The van der Waals surface area contributed by atoms with Gasteiger partial charge < -0.3 is 10.2 Å². The standard InChI is InChI=1S/C11H20N2O/c1-10(8-12)5-6-13(2)9-11-4-3-7-14-11/h3-4,7,10H,5-6,8-9,12H2,1-2H3. The average Bonchev–Trinajstić information content (AvgIpc) is 2.66. The van der Waals surface area contributed by atoms with Crippen LogP contribution in [0.4, 0.5) is 0 Å². The zero-order valence-electron chi connectivity index (χ0n) is 9.07. The highest BCUT2D eigenvalue weighted by molar-refractivity contribution is 4.97. The third kappa shape index (κ3) is 3.94. The van der Waals surface area contributed by atoms with Gasteiger partial charge >= 0.3 is 0 Å².